The summed E-state index contributed by atoms with van der Waals surface area (Å²) >= 11 is 0. The largest absolute Gasteiger partial charge is 0.361 e. The minimum Gasteiger partial charge on any atom is -0.361 e. The molecule has 20 heavy (non-hydrogen) atoms. The molecule has 0 aromatic carbocycles. The van der Waals surface area contributed by atoms with Crippen molar-refractivity contribution in [1.82, 2.24) is 4.90 Å². The lowest BCUT2D eigenvalue weighted by atomic mass is 10.1. The molecule has 0 fully saturated rings. The molecule has 4 nitrogen and oxygen atoms in total. The predicted octanol–water partition coefficient (Wildman–Crippen LogP) is 3.28. The van der Waals surface area contributed by atoms with Crippen LogP contribution in [0.3, 0.4) is 0 Å². The summed E-state index contributed by atoms with van der Waals surface area (Å²) in [5.74, 6) is 0.213. The van der Waals surface area contributed by atoms with Crippen LogP contribution in [0.1, 0.15) is 20.8 Å². The molecular formula is C14H31N3OSi2. The van der Waals surface area contributed by atoms with Gasteiger partial charge in [0.25, 0.3) is 0 Å². The van der Waals surface area contributed by atoms with Gasteiger partial charge in [0.2, 0.25) is 0 Å². The number of nitrogens with zero attached hydrogens (tertiary/aromatic N) is 3. The van der Waals surface area contributed by atoms with E-state index in [1.165, 1.54) is 0 Å². The van der Waals surface area contributed by atoms with Gasteiger partial charge < -0.3 is 10.4 Å². The molecule has 0 aliphatic rings. The number of hydrogen-bond donors (Lipinski definition) is 0. The van der Waals surface area contributed by atoms with Crippen molar-refractivity contribution in [3.8, 4) is 0 Å². The molecule has 116 valence electrons. The minimum absolute atomic E-state index is 0.143. The van der Waals surface area contributed by atoms with Crippen molar-refractivity contribution in [2.24, 2.45) is 5.92 Å². The van der Waals surface area contributed by atoms with Gasteiger partial charge >= 0.3 is 12.1 Å². The molecule has 0 spiro atoms. The van der Waals surface area contributed by atoms with Gasteiger partial charge in [0.05, 0.1) is 16.1 Å². The number of hydrogen-bond acceptors (Lipinski definition) is 1. The molecule has 0 saturated carbocycles. The van der Waals surface area contributed by atoms with Crippen LogP contribution >= 0.6 is 0 Å². The van der Waals surface area contributed by atoms with E-state index < -0.39 is 16.1 Å². The van der Waals surface area contributed by atoms with Gasteiger partial charge in [-0.2, -0.15) is 4.79 Å². The molecule has 0 radical (unpaired) electrons. The highest BCUT2D eigenvalue weighted by Crippen LogP contribution is 2.28. The summed E-state index contributed by atoms with van der Waals surface area (Å²) in [5.41, 5.74) is 8.74. The van der Waals surface area contributed by atoms with Gasteiger partial charge in [0.15, 0.2) is 0 Å². The smallest absolute Gasteiger partial charge is 0.344 e. The summed E-state index contributed by atoms with van der Waals surface area (Å²) in [6.07, 6.45) is 1.05. The van der Waals surface area contributed by atoms with Crippen LogP contribution in [0.5, 0.6) is 0 Å². The van der Waals surface area contributed by atoms with Crippen LogP contribution < -0.4 is 0 Å². The maximum Gasteiger partial charge on any atom is 0.344 e. The highest BCUT2D eigenvalue weighted by atomic mass is 28.4. The first-order valence-corrected chi connectivity index (χ1v) is 14.5. The Morgan fingerprint density at radius 3 is 1.70 bits per heavy atom. The van der Waals surface area contributed by atoms with Crippen LogP contribution in [0, 0.1) is 5.92 Å². The Balaban J connectivity index is 5.91. The van der Waals surface area contributed by atoms with E-state index in [1.807, 2.05) is 4.90 Å². The van der Waals surface area contributed by atoms with Crippen LogP contribution in [0.25, 0.3) is 5.53 Å². The Morgan fingerprint density at radius 2 is 1.45 bits per heavy atom. The van der Waals surface area contributed by atoms with Gasteiger partial charge in [0, 0.05) is 11.3 Å². The third kappa shape index (κ3) is 5.00. The fourth-order valence-electron chi connectivity index (χ4n) is 3.13. The quantitative estimate of drug-likeness (QED) is 0.321. The van der Waals surface area contributed by atoms with E-state index in [1.54, 1.807) is 0 Å². The Morgan fingerprint density at radius 1 is 1.05 bits per heavy atom. The molecule has 0 heterocycles. The van der Waals surface area contributed by atoms with E-state index in [0.29, 0.717) is 11.2 Å². The van der Waals surface area contributed by atoms with Gasteiger partial charge in [-0.05, 0) is 12.8 Å². The van der Waals surface area contributed by atoms with Gasteiger partial charge in [-0.1, -0.05) is 53.1 Å². The average molecular weight is 314 g/mol. The fraction of sp³-hybridized carbons (Fsp3) is 0.857. The average Bonchev–Trinajstić information content (AvgIpc) is 2.21. The van der Waals surface area contributed by atoms with Crippen LogP contribution in [-0.2, 0) is 4.79 Å². The summed E-state index contributed by atoms with van der Waals surface area (Å²) in [7, 11) is -3.12. The van der Waals surface area contributed by atoms with Crippen LogP contribution in [-0.4, -0.2) is 49.3 Å². The number of rotatable bonds is 6. The summed E-state index contributed by atoms with van der Waals surface area (Å²) in [6.45, 7) is 20.3. The molecular weight excluding hydrogens is 282 g/mol. The van der Waals surface area contributed by atoms with E-state index >= 15 is 0 Å². The summed E-state index contributed by atoms with van der Waals surface area (Å²) < 4.78 is 0. The number of carbonyl (C=O) groups is 1. The molecule has 1 atom stereocenters. The van der Waals surface area contributed by atoms with Crippen molar-refractivity contribution in [2.75, 3.05) is 0 Å². The van der Waals surface area contributed by atoms with Crippen LogP contribution in [0.2, 0.25) is 39.3 Å². The van der Waals surface area contributed by atoms with E-state index in [0.717, 1.165) is 6.21 Å². The molecule has 0 aromatic rings. The first-order valence-electron chi connectivity index (χ1n) is 7.33. The molecule has 0 rings (SSSR count). The van der Waals surface area contributed by atoms with Crippen molar-refractivity contribution < 1.29 is 9.58 Å². The number of amides is 1. The van der Waals surface area contributed by atoms with Gasteiger partial charge in [-0.3, -0.25) is 4.79 Å². The SMILES string of the molecule is CC(C)C(C)N(C(=O)C=[N+]=[N-])C([Si](C)(C)C)[Si](C)(C)C. The summed E-state index contributed by atoms with van der Waals surface area (Å²) in [4.78, 5) is 17.4. The second kappa shape index (κ2) is 6.83. The molecule has 0 N–H and O–H groups in total. The van der Waals surface area contributed by atoms with Gasteiger partial charge in [0.1, 0.15) is 0 Å². The zero-order valence-electron chi connectivity index (χ0n) is 14.6. The molecule has 0 aromatic heterocycles. The zero-order valence-corrected chi connectivity index (χ0v) is 16.6. The van der Waals surface area contributed by atoms with Crippen molar-refractivity contribution in [3.05, 3.63) is 5.53 Å². The van der Waals surface area contributed by atoms with Crippen LogP contribution in [0.15, 0.2) is 0 Å². The van der Waals surface area contributed by atoms with Crippen molar-refractivity contribution in [2.45, 2.75) is 71.4 Å². The van der Waals surface area contributed by atoms with E-state index in [2.05, 4.69) is 64.8 Å². The predicted molar refractivity (Wildman–Crippen MR) is 91.3 cm³/mol. The van der Waals surface area contributed by atoms with Crippen molar-refractivity contribution >= 4 is 28.3 Å². The van der Waals surface area contributed by atoms with Crippen molar-refractivity contribution in [3.63, 3.8) is 0 Å². The Bertz CT molecular complexity index is 376. The molecule has 0 bridgehead atoms. The van der Waals surface area contributed by atoms with E-state index in [-0.39, 0.29) is 11.9 Å². The van der Waals surface area contributed by atoms with Crippen molar-refractivity contribution in [1.29, 1.82) is 0 Å². The van der Waals surface area contributed by atoms with Gasteiger partial charge in [-0.25, -0.2) is 0 Å². The Hall–Kier alpha value is -0.716. The highest BCUT2D eigenvalue weighted by Gasteiger charge is 2.45. The molecule has 6 heteroatoms. The molecule has 0 aliphatic heterocycles. The summed E-state index contributed by atoms with van der Waals surface area (Å²) in [5, 5.41) is 0.317. The third-order valence-electron chi connectivity index (χ3n) is 3.75. The normalized spacial score (nSPS) is 14.2. The number of carbonyl (C=O) groups excluding carboxylic acids is 1. The second-order valence-electron chi connectivity index (χ2n) is 8.11. The van der Waals surface area contributed by atoms with E-state index in [4.69, 9.17) is 5.53 Å². The highest BCUT2D eigenvalue weighted by molar-refractivity contribution is 6.96. The zero-order chi connectivity index (χ0) is 16.3. The first-order chi connectivity index (χ1) is 8.84. The van der Waals surface area contributed by atoms with Gasteiger partial charge in [-0.15, -0.1) is 0 Å². The summed E-state index contributed by atoms with van der Waals surface area (Å²) in [6, 6.07) is 0.143. The topological polar surface area (TPSA) is 56.7 Å². The standard InChI is InChI=1S/C14H31N3OSi2/c1-11(2)12(3)17(13(18)10-16-15)14(19(4,5)6)20(7,8)9/h10-12,14H,1-9H3. The first kappa shape index (κ1) is 19.3. The monoisotopic (exact) mass is 313 g/mol. The Kier molecular flexibility index (Phi) is 6.58. The molecule has 0 saturated heterocycles. The maximum atomic E-state index is 12.5. The maximum absolute atomic E-state index is 12.5. The fourth-order valence-corrected chi connectivity index (χ4v) is 15.9. The van der Waals surface area contributed by atoms with Crippen LogP contribution in [0.4, 0.5) is 0 Å². The molecule has 1 unspecified atom stereocenters. The second-order valence-corrected chi connectivity index (χ2v) is 19.2. The lowest BCUT2D eigenvalue weighted by Crippen LogP contribution is -2.67. The lowest BCUT2D eigenvalue weighted by molar-refractivity contribution is -0.130. The van der Waals surface area contributed by atoms with E-state index in [9.17, 15) is 4.79 Å². The third-order valence-corrected chi connectivity index (χ3v) is 12.8. The molecule has 0 aliphatic carbocycles. The lowest BCUT2D eigenvalue weighted by Gasteiger charge is -2.48. The Labute approximate surface area is 126 Å². The molecule has 1 amide bonds. The minimum atomic E-state index is -1.56.